The van der Waals surface area contributed by atoms with Crippen molar-refractivity contribution in [3.63, 3.8) is 0 Å². The van der Waals surface area contributed by atoms with Crippen molar-refractivity contribution < 1.29 is 14.3 Å². The number of nitrogens with zero attached hydrogens (tertiary/aromatic N) is 4. The van der Waals surface area contributed by atoms with Crippen LogP contribution in [0.15, 0.2) is 47.5 Å². The number of benzene rings is 2. The molecule has 0 aliphatic carbocycles. The molecule has 4 aliphatic heterocycles. The standard InChI is InChI=1S/C32H40N4O3/c1-23-3-2-4-26-20-27(33-31(23)26)21-30(37)19-24-9-12-36(22-24)29-10-13-34(14-11-29)28-7-5-25(6-8-28)32(38)35-15-17-39-18-16-35/h2-8,24,29H,9-22H2,1H3/t24-/m0/s1. The van der Waals surface area contributed by atoms with Crippen molar-refractivity contribution in [1.82, 2.24) is 9.80 Å². The van der Waals surface area contributed by atoms with Crippen LogP contribution in [0.4, 0.5) is 11.4 Å². The van der Waals surface area contributed by atoms with Crippen LogP contribution in [0, 0.1) is 12.8 Å². The van der Waals surface area contributed by atoms with Gasteiger partial charge in [-0.2, -0.15) is 0 Å². The van der Waals surface area contributed by atoms with Crippen LogP contribution in [0.3, 0.4) is 0 Å². The first kappa shape index (κ1) is 26.2. The van der Waals surface area contributed by atoms with E-state index in [2.05, 4.69) is 47.1 Å². The van der Waals surface area contributed by atoms with E-state index in [-0.39, 0.29) is 5.91 Å². The van der Waals surface area contributed by atoms with E-state index in [4.69, 9.17) is 9.73 Å². The number of aryl methyl sites for hydroxylation is 1. The summed E-state index contributed by atoms with van der Waals surface area (Å²) in [4.78, 5) is 37.4. The lowest BCUT2D eigenvalue weighted by molar-refractivity contribution is -0.118. The second-order valence-electron chi connectivity index (χ2n) is 11.7. The third-order valence-electron chi connectivity index (χ3n) is 8.98. The summed E-state index contributed by atoms with van der Waals surface area (Å²) in [5.74, 6) is 0.914. The lowest BCUT2D eigenvalue weighted by atomic mass is 9.97. The highest BCUT2D eigenvalue weighted by molar-refractivity contribution is 6.06. The maximum absolute atomic E-state index is 12.9. The highest BCUT2D eigenvalue weighted by Crippen LogP contribution is 2.32. The van der Waals surface area contributed by atoms with Crippen LogP contribution < -0.4 is 4.90 Å². The molecule has 0 radical (unpaired) electrons. The zero-order valence-electron chi connectivity index (χ0n) is 23.1. The van der Waals surface area contributed by atoms with Gasteiger partial charge < -0.3 is 14.5 Å². The summed E-state index contributed by atoms with van der Waals surface area (Å²) in [6.07, 6.45) is 5.41. The van der Waals surface area contributed by atoms with Crippen LogP contribution in [0.5, 0.6) is 0 Å². The van der Waals surface area contributed by atoms with Crippen LogP contribution >= 0.6 is 0 Å². The van der Waals surface area contributed by atoms with Gasteiger partial charge in [-0.3, -0.25) is 19.5 Å². The van der Waals surface area contributed by atoms with Crippen LogP contribution in [0.1, 0.15) is 53.6 Å². The number of hydrogen-bond acceptors (Lipinski definition) is 6. The molecule has 1 amide bonds. The molecule has 4 heterocycles. The van der Waals surface area contributed by atoms with Crippen LogP contribution in [-0.4, -0.2) is 85.7 Å². The fourth-order valence-electron chi connectivity index (χ4n) is 6.78. The van der Waals surface area contributed by atoms with Gasteiger partial charge in [0.2, 0.25) is 0 Å². The number of morpholine rings is 1. The predicted octanol–water partition coefficient (Wildman–Crippen LogP) is 4.44. The molecule has 2 aromatic carbocycles. The Balaban J connectivity index is 0.945. The summed E-state index contributed by atoms with van der Waals surface area (Å²) in [7, 11) is 0. The van der Waals surface area contributed by atoms with Gasteiger partial charge in [0.25, 0.3) is 5.91 Å². The molecular weight excluding hydrogens is 488 g/mol. The minimum absolute atomic E-state index is 0.0991. The minimum Gasteiger partial charge on any atom is -0.378 e. The molecule has 0 bridgehead atoms. The normalized spacial score (nSPS) is 22.2. The zero-order valence-corrected chi connectivity index (χ0v) is 23.1. The van der Waals surface area contributed by atoms with Gasteiger partial charge >= 0.3 is 0 Å². The Morgan fingerprint density at radius 2 is 1.72 bits per heavy atom. The fourth-order valence-corrected chi connectivity index (χ4v) is 6.78. The summed E-state index contributed by atoms with van der Waals surface area (Å²) in [6, 6.07) is 15.0. The minimum atomic E-state index is 0.0991. The van der Waals surface area contributed by atoms with Gasteiger partial charge in [-0.05, 0) is 74.0 Å². The van der Waals surface area contributed by atoms with E-state index in [1.54, 1.807) is 0 Å². The number of carbonyl (C=O) groups excluding carboxylic acids is 2. The molecule has 2 aromatic rings. The van der Waals surface area contributed by atoms with Crippen molar-refractivity contribution in [3.05, 3.63) is 59.2 Å². The van der Waals surface area contributed by atoms with Crippen LogP contribution in [0.2, 0.25) is 0 Å². The first-order valence-corrected chi connectivity index (χ1v) is 14.7. The molecule has 39 heavy (non-hydrogen) atoms. The predicted molar refractivity (Wildman–Crippen MR) is 154 cm³/mol. The fraction of sp³-hybridized carbons (Fsp3) is 0.531. The number of rotatable bonds is 7. The quantitative estimate of drug-likeness (QED) is 0.532. The number of ether oxygens (including phenoxy) is 1. The number of carbonyl (C=O) groups is 2. The number of likely N-dealkylation sites (tertiary alicyclic amines) is 1. The maximum atomic E-state index is 12.9. The molecule has 3 saturated heterocycles. The molecule has 6 rings (SSSR count). The first-order valence-electron chi connectivity index (χ1n) is 14.7. The van der Waals surface area contributed by atoms with Gasteiger partial charge in [-0.1, -0.05) is 18.2 Å². The molecular formula is C32H40N4O3. The van der Waals surface area contributed by atoms with Crippen molar-refractivity contribution in [1.29, 1.82) is 0 Å². The van der Waals surface area contributed by atoms with E-state index >= 15 is 0 Å². The molecule has 0 saturated carbocycles. The number of amides is 1. The Labute approximate surface area is 231 Å². The summed E-state index contributed by atoms with van der Waals surface area (Å²) in [5, 5.41) is 0. The monoisotopic (exact) mass is 528 g/mol. The molecule has 0 N–H and O–H groups in total. The molecule has 206 valence electrons. The number of piperidine rings is 1. The lowest BCUT2D eigenvalue weighted by Crippen LogP contribution is -2.44. The molecule has 0 spiro atoms. The Kier molecular flexibility index (Phi) is 7.80. The van der Waals surface area contributed by atoms with E-state index < -0.39 is 0 Å². The summed E-state index contributed by atoms with van der Waals surface area (Å²) in [5.41, 5.74) is 6.52. The number of fused-ring (bicyclic) bond motifs is 1. The number of Topliss-reactive ketones (excluding diaryl/α,β-unsaturated/α-hetero) is 1. The van der Waals surface area contributed by atoms with Gasteiger partial charge in [0, 0.05) is 75.0 Å². The topological polar surface area (TPSA) is 65.5 Å². The number of hydrogen-bond donors (Lipinski definition) is 0. The molecule has 3 fully saturated rings. The van der Waals surface area contributed by atoms with Gasteiger partial charge in [0.05, 0.1) is 18.9 Å². The number of aliphatic imine (C=N–C) groups is 1. The van der Waals surface area contributed by atoms with Gasteiger partial charge in [-0.15, -0.1) is 0 Å². The maximum Gasteiger partial charge on any atom is 0.254 e. The second-order valence-corrected chi connectivity index (χ2v) is 11.7. The van der Waals surface area contributed by atoms with E-state index in [1.807, 2.05) is 17.0 Å². The summed E-state index contributed by atoms with van der Waals surface area (Å²) >= 11 is 0. The van der Waals surface area contributed by atoms with Gasteiger partial charge in [0.15, 0.2) is 0 Å². The molecule has 1 atom stereocenters. The Morgan fingerprint density at radius 1 is 0.949 bits per heavy atom. The summed E-state index contributed by atoms with van der Waals surface area (Å²) < 4.78 is 5.37. The molecule has 0 aromatic heterocycles. The smallest absolute Gasteiger partial charge is 0.254 e. The Bertz CT molecular complexity index is 1230. The Hall–Kier alpha value is -3.03. The van der Waals surface area contributed by atoms with Crippen molar-refractivity contribution in [2.45, 2.75) is 51.5 Å². The van der Waals surface area contributed by atoms with Crippen molar-refractivity contribution in [2.75, 3.05) is 57.4 Å². The lowest BCUT2D eigenvalue weighted by Gasteiger charge is -2.38. The van der Waals surface area contributed by atoms with Crippen molar-refractivity contribution in [2.24, 2.45) is 10.9 Å². The summed E-state index contributed by atoms with van der Waals surface area (Å²) in [6.45, 7) is 8.88. The highest BCUT2D eigenvalue weighted by atomic mass is 16.5. The second kappa shape index (κ2) is 11.6. The van der Waals surface area contributed by atoms with Crippen LogP contribution in [0.25, 0.3) is 0 Å². The number of para-hydroxylation sites is 1. The molecule has 0 unspecified atom stereocenters. The zero-order chi connectivity index (χ0) is 26.8. The third kappa shape index (κ3) is 5.94. The van der Waals surface area contributed by atoms with E-state index in [0.29, 0.717) is 56.9 Å². The average Bonchev–Trinajstić information content (AvgIpc) is 3.61. The molecule has 4 aliphatic rings. The van der Waals surface area contributed by atoms with Gasteiger partial charge in [-0.25, -0.2) is 0 Å². The number of ketones is 1. The van der Waals surface area contributed by atoms with E-state index in [9.17, 15) is 9.59 Å². The van der Waals surface area contributed by atoms with Crippen molar-refractivity contribution >= 4 is 28.8 Å². The van der Waals surface area contributed by atoms with Gasteiger partial charge in [0.1, 0.15) is 5.78 Å². The average molecular weight is 529 g/mol. The largest absolute Gasteiger partial charge is 0.378 e. The molecule has 7 nitrogen and oxygen atoms in total. The Morgan fingerprint density at radius 3 is 2.46 bits per heavy atom. The van der Waals surface area contributed by atoms with E-state index in [0.717, 1.165) is 68.8 Å². The third-order valence-corrected chi connectivity index (χ3v) is 8.98. The van der Waals surface area contributed by atoms with E-state index in [1.165, 1.54) is 16.8 Å². The first-order chi connectivity index (χ1) is 19.0. The highest BCUT2D eigenvalue weighted by Gasteiger charge is 2.32. The molecule has 7 heteroatoms. The SMILES string of the molecule is Cc1cccc2c1N=C(CC(=O)C[C@@H]1CCN(C3CCN(c4ccc(C(=O)N5CCOCC5)cc4)CC3)C1)C2. The van der Waals surface area contributed by atoms with Crippen LogP contribution in [-0.2, 0) is 16.0 Å². The number of anilines is 1. The van der Waals surface area contributed by atoms with Crippen molar-refractivity contribution in [3.8, 4) is 0 Å².